The van der Waals surface area contributed by atoms with Gasteiger partial charge < -0.3 is 15.3 Å². The summed E-state index contributed by atoms with van der Waals surface area (Å²) < 4.78 is 1.66. The minimum absolute atomic E-state index is 0.00825. The molecule has 0 radical (unpaired) electrons. The third-order valence-electron chi connectivity index (χ3n) is 6.73. The fourth-order valence-corrected chi connectivity index (χ4v) is 4.64. The molecule has 4 rings (SSSR count). The predicted molar refractivity (Wildman–Crippen MR) is 129 cm³/mol. The van der Waals surface area contributed by atoms with E-state index < -0.39 is 11.9 Å². The van der Waals surface area contributed by atoms with Crippen molar-refractivity contribution in [1.29, 1.82) is 0 Å². The lowest BCUT2D eigenvalue weighted by Gasteiger charge is -2.27. The molecule has 0 amide bonds. The van der Waals surface area contributed by atoms with Crippen molar-refractivity contribution in [3.8, 4) is 17.3 Å². The first-order valence-corrected chi connectivity index (χ1v) is 11.6. The fraction of sp³-hybridized carbons (Fsp3) is 0.385. The van der Waals surface area contributed by atoms with Crippen LogP contribution in [0.2, 0.25) is 0 Å². The number of azo groups is 1. The number of phenolic OH excluding ortho intramolecular Hbond substituents is 1. The third kappa shape index (κ3) is 4.53. The van der Waals surface area contributed by atoms with Gasteiger partial charge in [-0.1, -0.05) is 31.5 Å². The van der Waals surface area contributed by atoms with Gasteiger partial charge in [-0.05, 0) is 73.9 Å². The van der Waals surface area contributed by atoms with Crippen LogP contribution in [0.4, 0.5) is 11.5 Å². The summed E-state index contributed by atoms with van der Waals surface area (Å²) in [5.41, 5.74) is 3.99. The van der Waals surface area contributed by atoms with E-state index in [1.807, 2.05) is 45.0 Å². The molecular weight excluding hydrogens is 432 g/mol. The predicted octanol–water partition coefficient (Wildman–Crippen LogP) is 6.24. The molecule has 2 unspecified atom stereocenters. The second kappa shape index (κ2) is 9.67. The molecule has 1 heterocycles. The van der Waals surface area contributed by atoms with Crippen LogP contribution in [0.5, 0.6) is 11.6 Å². The summed E-state index contributed by atoms with van der Waals surface area (Å²) in [7, 11) is 0. The number of phenols is 1. The lowest BCUT2D eigenvalue weighted by molar-refractivity contribution is -0.143. The van der Waals surface area contributed by atoms with Crippen LogP contribution >= 0.6 is 0 Å². The first kappa shape index (κ1) is 23.5. The van der Waals surface area contributed by atoms with Gasteiger partial charge in [-0.25, -0.2) is 4.98 Å². The van der Waals surface area contributed by atoms with Crippen LogP contribution in [0.3, 0.4) is 0 Å². The second-order valence-electron chi connectivity index (χ2n) is 8.95. The van der Waals surface area contributed by atoms with Gasteiger partial charge in [0.2, 0.25) is 11.7 Å². The van der Waals surface area contributed by atoms with Gasteiger partial charge in [0.1, 0.15) is 17.3 Å². The smallest absolute Gasteiger partial charge is 0.306 e. The molecular formula is C26H30N4O4. The number of hydrogen-bond donors (Lipinski definition) is 3. The molecule has 3 aromatic rings. The molecule has 2 atom stereocenters. The van der Waals surface area contributed by atoms with E-state index in [1.165, 1.54) is 0 Å². The van der Waals surface area contributed by atoms with E-state index in [-0.39, 0.29) is 29.1 Å². The lowest BCUT2D eigenvalue weighted by Crippen LogP contribution is -2.21. The molecule has 0 saturated heterocycles. The van der Waals surface area contributed by atoms with Crippen LogP contribution in [0.1, 0.15) is 61.0 Å². The zero-order valence-electron chi connectivity index (χ0n) is 19.7. The van der Waals surface area contributed by atoms with E-state index in [2.05, 4.69) is 15.2 Å². The number of nitrogens with zero attached hydrogens (tertiary/aromatic N) is 4. The van der Waals surface area contributed by atoms with Gasteiger partial charge in [0.25, 0.3) is 0 Å². The number of hydrogen-bond acceptors (Lipinski definition) is 6. The maximum atomic E-state index is 11.4. The summed E-state index contributed by atoms with van der Waals surface area (Å²) >= 11 is 0. The molecule has 2 aromatic carbocycles. The number of aliphatic carboxylic acids is 1. The van der Waals surface area contributed by atoms with Crippen molar-refractivity contribution in [3.05, 3.63) is 58.9 Å². The lowest BCUT2D eigenvalue weighted by atomic mass is 9.77. The SMILES string of the molecule is CCc1nc(N=Nc2cccc(C3CCCC(C(=O)O)C3)c2O)c(O)n1-c1ccc(C)c(C)c1. The first-order valence-electron chi connectivity index (χ1n) is 11.6. The number of aryl methyl sites for hydroxylation is 3. The molecule has 1 aliphatic carbocycles. The maximum Gasteiger partial charge on any atom is 0.306 e. The zero-order valence-corrected chi connectivity index (χ0v) is 19.7. The average molecular weight is 463 g/mol. The molecule has 8 nitrogen and oxygen atoms in total. The van der Waals surface area contributed by atoms with E-state index >= 15 is 0 Å². The molecule has 34 heavy (non-hydrogen) atoms. The summed E-state index contributed by atoms with van der Waals surface area (Å²) in [5.74, 6) is -0.641. The quantitative estimate of drug-likeness (QED) is 0.375. The van der Waals surface area contributed by atoms with Crippen molar-refractivity contribution >= 4 is 17.5 Å². The van der Waals surface area contributed by atoms with Crippen molar-refractivity contribution in [1.82, 2.24) is 9.55 Å². The number of carbonyl (C=O) groups is 1. The molecule has 1 aliphatic rings. The Morgan fingerprint density at radius 3 is 2.62 bits per heavy atom. The second-order valence-corrected chi connectivity index (χ2v) is 8.95. The molecule has 8 heteroatoms. The molecule has 0 spiro atoms. The van der Waals surface area contributed by atoms with Gasteiger partial charge in [-0.15, -0.1) is 10.2 Å². The van der Waals surface area contributed by atoms with E-state index in [0.717, 1.165) is 29.7 Å². The highest BCUT2D eigenvalue weighted by Gasteiger charge is 2.29. The Balaban J connectivity index is 1.64. The number of carboxylic acids is 1. The Bertz CT molecular complexity index is 1250. The highest BCUT2D eigenvalue weighted by atomic mass is 16.4. The zero-order chi connectivity index (χ0) is 24.4. The van der Waals surface area contributed by atoms with Crippen molar-refractivity contribution in [2.45, 2.75) is 58.8 Å². The van der Waals surface area contributed by atoms with Crippen LogP contribution in [0, 0.1) is 19.8 Å². The normalized spacial score (nSPS) is 18.4. The topological polar surface area (TPSA) is 120 Å². The Morgan fingerprint density at radius 2 is 1.91 bits per heavy atom. The van der Waals surface area contributed by atoms with Gasteiger partial charge in [-0.3, -0.25) is 9.36 Å². The summed E-state index contributed by atoms with van der Waals surface area (Å²) in [5, 5.41) is 39.5. The van der Waals surface area contributed by atoms with Gasteiger partial charge >= 0.3 is 5.97 Å². The number of para-hydroxylation sites is 1. The first-order chi connectivity index (χ1) is 16.3. The van der Waals surface area contributed by atoms with Crippen LogP contribution in [-0.4, -0.2) is 30.8 Å². The van der Waals surface area contributed by atoms with E-state index in [1.54, 1.807) is 16.7 Å². The summed E-state index contributed by atoms with van der Waals surface area (Å²) in [6.45, 7) is 5.99. The minimum atomic E-state index is -0.790. The van der Waals surface area contributed by atoms with Crippen molar-refractivity contribution < 1.29 is 20.1 Å². The summed E-state index contributed by atoms with van der Waals surface area (Å²) in [4.78, 5) is 15.9. The van der Waals surface area contributed by atoms with Crippen LogP contribution in [0.15, 0.2) is 46.6 Å². The van der Waals surface area contributed by atoms with Gasteiger partial charge in [0.15, 0.2) is 0 Å². The van der Waals surface area contributed by atoms with Crippen LogP contribution < -0.4 is 0 Å². The van der Waals surface area contributed by atoms with Crippen molar-refractivity contribution in [2.75, 3.05) is 0 Å². The number of rotatable bonds is 6. The largest absolute Gasteiger partial charge is 0.505 e. The summed E-state index contributed by atoms with van der Waals surface area (Å²) in [6.07, 6.45) is 3.36. The maximum absolute atomic E-state index is 11.4. The molecule has 1 aromatic heterocycles. The molecule has 1 fully saturated rings. The molecule has 3 N–H and O–H groups in total. The van der Waals surface area contributed by atoms with Crippen LogP contribution in [-0.2, 0) is 11.2 Å². The number of benzene rings is 2. The van der Waals surface area contributed by atoms with E-state index in [9.17, 15) is 20.1 Å². The number of aromatic hydroxyl groups is 2. The number of aromatic nitrogens is 2. The van der Waals surface area contributed by atoms with Gasteiger partial charge in [0, 0.05) is 6.42 Å². The highest BCUT2D eigenvalue weighted by Crippen LogP contribution is 2.43. The van der Waals surface area contributed by atoms with Crippen LogP contribution in [0.25, 0.3) is 5.69 Å². The van der Waals surface area contributed by atoms with Crippen molar-refractivity contribution in [2.24, 2.45) is 16.1 Å². The van der Waals surface area contributed by atoms with Gasteiger partial charge in [-0.2, -0.15) is 0 Å². The Labute approximate surface area is 198 Å². The molecule has 0 bridgehead atoms. The fourth-order valence-electron chi connectivity index (χ4n) is 4.64. The van der Waals surface area contributed by atoms with Gasteiger partial charge in [0.05, 0.1) is 11.6 Å². The monoisotopic (exact) mass is 462 g/mol. The minimum Gasteiger partial charge on any atom is -0.505 e. The number of carboxylic acid groups (broad SMARTS) is 1. The molecule has 178 valence electrons. The highest BCUT2D eigenvalue weighted by molar-refractivity contribution is 5.70. The van der Waals surface area contributed by atoms with E-state index in [0.29, 0.717) is 30.7 Å². The van der Waals surface area contributed by atoms with E-state index in [4.69, 9.17) is 0 Å². The van der Waals surface area contributed by atoms with Crippen molar-refractivity contribution in [3.63, 3.8) is 0 Å². The number of imidazole rings is 1. The third-order valence-corrected chi connectivity index (χ3v) is 6.73. The average Bonchev–Trinajstić information content (AvgIpc) is 3.15. The Hall–Kier alpha value is -3.68. The standard InChI is InChI=1S/C26H30N4O4/c1-4-22-27-24(25(32)30(22)19-12-11-15(2)16(3)13-19)29-28-21-10-6-9-20(23(21)31)17-7-5-8-18(14-17)26(33)34/h6,9-13,17-18,31-32H,4-5,7-8,14H2,1-3H3,(H,33,34). The summed E-state index contributed by atoms with van der Waals surface area (Å²) in [6, 6.07) is 11.1. The molecule has 1 saturated carbocycles. The Kier molecular flexibility index (Phi) is 6.68. The molecule has 0 aliphatic heterocycles. The Morgan fingerprint density at radius 1 is 1.12 bits per heavy atom.